The standard InChI is InChI=1S/C21H31N5O2S/c1-5-25(6-2)29(27,28)26-12-8-10-18(15-26)20-14-19(13-17(4)23-20)24-21-16(3)9-7-11-22-21/h7,9,11,13-14,18H,5-6,8,10,12,15H2,1-4H3,(H,22,23,24)/t18-/m0/s1. The first-order chi connectivity index (χ1) is 13.8. The highest BCUT2D eigenvalue weighted by Gasteiger charge is 2.33. The van der Waals surface area contributed by atoms with Crippen LogP contribution in [0.5, 0.6) is 0 Å². The SMILES string of the molecule is CCN(CC)S(=O)(=O)N1CCC[C@H](c2cc(Nc3ncccc3C)cc(C)n2)C1. The van der Waals surface area contributed by atoms with E-state index in [1.165, 1.54) is 4.31 Å². The molecule has 3 rings (SSSR count). The van der Waals surface area contributed by atoms with Crippen molar-refractivity contribution in [1.29, 1.82) is 0 Å². The van der Waals surface area contributed by atoms with Crippen molar-refractivity contribution in [2.75, 3.05) is 31.5 Å². The molecule has 8 heteroatoms. The van der Waals surface area contributed by atoms with E-state index < -0.39 is 10.2 Å². The van der Waals surface area contributed by atoms with Gasteiger partial charge in [0.15, 0.2) is 0 Å². The fourth-order valence-electron chi connectivity index (χ4n) is 3.84. The normalized spacial score (nSPS) is 18.2. The maximum absolute atomic E-state index is 12.9. The van der Waals surface area contributed by atoms with E-state index in [1.807, 2.05) is 52.0 Å². The van der Waals surface area contributed by atoms with Crippen molar-refractivity contribution in [3.05, 3.63) is 47.4 Å². The van der Waals surface area contributed by atoms with E-state index in [-0.39, 0.29) is 5.92 Å². The highest BCUT2D eigenvalue weighted by Crippen LogP contribution is 2.30. The Bertz CT molecular complexity index is 944. The summed E-state index contributed by atoms with van der Waals surface area (Å²) in [5.74, 6) is 0.901. The number of anilines is 2. The average molecular weight is 418 g/mol. The number of rotatable bonds is 7. The highest BCUT2D eigenvalue weighted by molar-refractivity contribution is 7.86. The first kappa shape index (κ1) is 21.7. The van der Waals surface area contributed by atoms with Crippen LogP contribution in [0.2, 0.25) is 0 Å². The predicted molar refractivity (Wildman–Crippen MR) is 117 cm³/mol. The Kier molecular flexibility index (Phi) is 6.87. The monoisotopic (exact) mass is 417 g/mol. The number of nitrogens with one attached hydrogen (secondary N) is 1. The third-order valence-electron chi connectivity index (χ3n) is 5.41. The second-order valence-electron chi connectivity index (χ2n) is 7.51. The maximum atomic E-state index is 12.9. The molecule has 7 nitrogen and oxygen atoms in total. The highest BCUT2D eigenvalue weighted by atomic mass is 32.2. The Morgan fingerprint density at radius 2 is 2.00 bits per heavy atom. The summed E-state index contributed by atoms with van der Waals surface area (Å²) < 4.78 is 29.0. The van der Waals surface area contributed by atoms with Crippen LogP contribution < -0.4 is 5.32 Å². The third-order valence-corrected chi connectivity index (χ3v) is 7.56. The lowest BCUT2D eigenvalue weighted by Gasteiger charge is -2.35. The number of hydrogen-bond donors (Lipinski definition) is 1. The summed E-state index contributed by atoms with van der Waals surface area (Å²) in [5, 5.41) is 3.38. The number of nitrogens with zero attached hydrogens (tertiary/aromatic N) is 4. The van der Waals surface area contributed by atoms with Crippen molar-refractivity contribution in [3.8, 4) is 0 Å². The Morgan fingerprint density at radius 3 is 2.69 bits per heavy atom. The summed E-state index contributed by atoms with van der Waals surface area (Å²) in [7, 11) is -3.43. The van der Waals surface area contributed by atoms with Crippen molar-refractivity contribution < 1.29 is 8.42 Å². The Labute approximate surface area is 174 Å². The zero-order valence-electron chi connectivity index (χ0n) is 17.7. The van der Waals surface area contributed by atoms with Crippen molar-refractivity contribution >= 4 is 21.7 Å². The van der Waals surface area contributed by atoms with Gasteiger partial charge in [0, 0.05) is 55.4 Å². The van der Waals surface area contributed by atoms with Gasteiger partial charge >= 0.3 is 0 Å². The summed E-state index contributed by atoms with van der Waals surface area (Å²) in [5.41, 5.74) is 3.83. The smallest absolute Gasteiger partial charge is 0.281 e. The lowest BCUT2D eigenvalue weighted by molar-refractivity contribution is 0.285. The molecule has 0 aliphatic carbocycles. The lowest BCUT2D eigenvalue weighted by atomic mass is 9.95. The summed E-state index contributed by atoms with van der Waals surface area (Å²) in [4.78, 5) is 9.13. The van der Waals surface area contributed by atoms with Crippen LogP contribution in [-0.4, -0.2) is 53.2 Å². The molecule has 0 saturated carbocycles. The van der Waals surface area contributed by atoms with Crippen molar-refractivity contribution in [3.63, 3.8) is 0 Å². The first-order valence-corrected chi connectivity index (χ1v) is 11.7. The van der Waals surface area contributed by atoms with Crippen molar-refractivity contribution in [2.24, 2.45) is 0 Å². The third kappa shape index (κ3) is 4.94. The first-order valence-electron chi connectivity index (χ1n) is 10.3. The summed E-state index contributed by atoms with van der Waals surface area (Å²) >= 11 is 0. The molecule has 0 spiro atoms. The zero-order valence-corrected chi connectivity index (χ0v) is 18.5. The van der Waals surface area contributed by atoms with E-state index in [2.05, 4.69) is 10.3 Å². The van der Waals surface area contributed by atoms with Gasteiger partial charge in [0.05, 0.1) is 0 Å². The van der Waals surface area contributed by atoms with Crippen LogP contribution in [0.4, 0.5) is 11.5 Å². The van der Waals surface area contributed by atoms with E-state index in [4.69, 9.17) is 4.98 Å². The van der Waals surface area contributed by atoms with Crippen LogP contribution in [0.1, 0.15) is 49.6 Å². The van der Waals surface area contributed by atoms with Gasteiger partial charge in [-0.25, -0.2) is 4.98 Å². The van der Waals surface area contributed by atoms with Crippen molar-refractivity contribution in [2.45, 2.75) is 46.5 Å². The molecule has 3 heterocycles. The molecule has 1 aliphatic rings. The fourth-order valence-corrected chi connectivity index (χ4v) is 5.54. The number of hydrogen-bond acceptors (Lipinski definition) is 5. The van der Waals surface area contributed by atoms with Gasteiger partial charge in [0.2, 0.25) is 0 Å². The maximum Gasteiger partial charge on any atom is 0.281 e. The molecule has 1 N–H and O–H groups in total. The molecule has 1 atom stereocenters. The predicted octanol–water partition coefficient (Wildman–Crippen LogP) is 3.60. The lowest BCUT2D eigenvalue weighted by Crippen LogP contribution is -2.47. The Balaban J connectivity index is 1.83. The van der Waals surface area contributed by atoms with Crippen molar-refractivity contribution in [1.82, 2.24) is 18.6 Å². The second kappa shape index (κ2) is 9.19. The summed E-state index contributed by atoms with van der Waals surface area (Å²) in [6, 6.07) is 7.95. The summed E-state index contributed by atoms with van der Waals surface area (Å²) in [6.07, 6.45) is 3.53. The molecule has 1 aliphatic heterocycles. The van der Waals surface area contributed by atoms with Crippen LogP contribution in [0.3, 0.4) is 0 Å². The van der Waals surface area contributed by atoms with E-state index in [1.54, 1.807) is 10.5 Å². The van der Waals surface area contributed by atoms with E-state index in [9.17, 15) is 8.42 Å². The van der Waals surface area contributed by atoms with E-state index >= 15 is 0 Å². The Morgan fingerprint density at radius 1 is 1.24 bits per heavy atom. The fraction of sp³-hybridized carbons (Fsp3) is 0.524. The Hall–Kier alpha value is -2.03. The van der Waals surface area contributed by atoms with Gasteiger partial charge in [-0.15, -0.1) is 0 Å². The molecule has 0 radical (unpaired) electrons. The molecule has 1 saturated heterocycles. The molecule has 29 heavy (non-hydrogen) atoms. The zero-order chi connectivity index (χ0) is 21.0. The van der Waals surface area contributed by atoms with Crippen LogP contribution in [0.25, 0.3) is 0 Å². The van der Waals surface area contributed by atoms with Gasteiger partial charge in [0.25, 0.3) is 10.2 Å². The van der Waals surface area contributed by atoms with Gasteiger partial charge in [-0.05, 0) is 50.5 Å². The largest absolute Gasteiger partial charge is 0.340 e. The second-order valence-corrected chi connectivity index (χ2v) is 9.43. The molecule has 158 valence electrons. The van der Waals surface area contributed by atoms with Gasteiger partial charge in [-0.3, -0.25) is 4.98 Å². The molecular formula is C21H31N5O2S. The number of piperidine rings is 1. The quantitative estimate of drug-likeness (QED) is 0.745. The summed E-state index contributed by atoms with van der Waals surface area (Å²) in [6.45, 7) is 9.75. The molecule has 0 amide bonds. The van der Waals surface area contributed by atoms with Crippen LogP contribution in [-0.2, 0) is 10.2 Å². The minimum Gasteiger partial charge on any atom is -0.340 e. The van der Waals surface area contributed by atoms with Crippen LogP contribution >= 0.6 is 0 Å². The van der Waals surface area contributed by atoms with Gasteiger partial charge in [-0.2, -0.15) is 17.0 Å². The minimum absolute atomic E-state index is 0.0827. The molecular weight excluding hydrogens is 386 g/mol. The molecule has 0 aromatic carbocycles. The van der Waals surface area contributed by atoms with Crippen LogP contribution in [0, 0.1) is 13.8 Å². The molecule has 0 bridgehead atoms. The molecule has 0 unspecified atom stereocenters. The van der Waals surface area contributed by atoms with E-state index in [0.29, 0.717) is 26.2 Å². The number of aryl methyl sites for hydroxylation is 2. The number of aromatic nitrogens is 2. The minimum atomic E-state index is -3.43. The van der Waals surface area contributed by atoms with E-state index in [0.717, 1.165) is 41.3 Å². The molecule has 1 fully saturated rings. The number of pyridine rings is 2. The van der Waals surface area contributed by atoms with Crippen LogP contribution in [0.15, 0.2) is 30.5 Å². The molecule has 2 aromatic rings. The molecule has 2 aromatic heterocycles. The average Bonchev–Trinajstić information content (AvgIpc) is 2.70. The van der Waals surface area contributed by atoms with Gasteiger partial charge < -0.3 is 5.32 Å². The van der Waals surface area contributed by atoms with Gasteiger partial charge in [-0.1, -0.05) is 19.9 Å². The van der Waals surface area contributed by atoms with Gasteiger partial charge in [0.1, 0.15) is 5.82 Å². The topological polar surface area (TPSA) is 78.4 Å².